The van der Waals surface area contributed by atoms with E-state index in [1.165, 1.54) is 53.4 Å². The fourth-order valence-electron chi connectivity index (χ4n) is 4.66. The van der Waals surface area contributed by atoms with Crippen LogP contribution in [0.5, 0.6) is 0 Å². The molecule has 44 heavy (non-hydrogen) atoms. The Labute approximate surface area is 263 Å². The third-order valence-corrected chi connectivity index (χ3v) is 9.34. The van der Waals surface area contributed by atoms with Crippen LogP contribution in [0.25, 0.3) is 0 Å². The lowest BCUT2D eigenvalue weighted by Crippen LogP contribution is -2.54. The highest BCUT2D eigenvalue weighted by molar-refractivity contribution is 7.92. The number of halogens is 2. The third-order valence-electron chi connectivity index (χ3n) is 7.30. The number of anilines is 1. The predicted octanol–water partition coefficient (Wildman–Crippen LogP) is 6.23. The summed E-state index contributed by atoms with van der Waals surface area (Å²) in [6.45, 7) is 2.89. The highest BCUT2D eigenvalue weighted by Gasteiger charge is 2.35. The topological polar surface area (TPSA) is 86.8 Å². The van der Waals surface area contributed by atoms with Crippen molar-refractivity contribution in [2.24, 2.45) is 0 Å². The molecule has 0 spiro atoms. The van der Waals surface area contributed by atoms with Gasteiger partial charge in [0, 0.05) is 29.6 Å². The molecule has 1 N–H and O–H groups in total. The van der Waals surface area contributed by atoms with Crippen LogP contribution in [0.15, 0.2) is 114 Å². The lowest BCUT2D eigenvalue weighted by Gasteiger charge is -2.34. The van der Waals surface area contributed by atoms with Gasteiger partial charge in [-0.3, -0.25) is 13.9 Å². The summed E-state index contributed by atoms with van der Waals surface area (Å²) in [4.78, 5) is 29.4. The van der Waals surface area contributed by atoms with Crippen molar-refractivity contribution in [3.8, 4) is 0 Å². The fraction of sp³-hybridized carbons (Fsp3) is 0.235. The van der Waals surface area contributed by atoms with E-state index in [0.717, 1.165) is 9.87 Å². The lowest BCUT2D eigenvalue weighted by atomic mass is 10.0. The van der Waals surface area contributed by atoms with Gasteiger partial charge in [0.1, 0.15) is 18.4 Å². The molecule has 0 fully saturated rings. The van der Waals surface area contributed by atoms with Gasteiger partial charge in [0.05, 0.1) is 10.6 Å². The quantitative estimate of drug-likeness (QED) is 0.189. The van der Waals surface area contributed by atoms with Gasteiger partial charge < -0.3 is 10.2 Å². The van der Waals surface area contributed by atoms with Gasteiger partial charge in [-0.15, -0.1) is 0 Å². The van der Waals surface area contributed by atoms with E-state index in [4.69, 9.17) is 11.6 Å². The molecular formula is C34H35ClFN3O4S. The Morgan fingerprint density at radius 2 is 1.45 bits per heavy atom. The van der Waals surface area contributed by atoms with E-state index in [1.807, 2.05) is 44.2 Å². The summed E-state index contributed by atoms with van der Waals surface area (Å²) >= 11 is 6.09. The van der Waals surface area contributed by atoms with Crippen LogP contribution >= 0.6 is 11.6 Å². The second kappa shape index (κ2) is 15.0. The molecule has 2 amide bonds. The molecule has 0 saturated carbocycles. The van der Waals surface area contributed by atoms with Gasteiger partial charge in [0.2, 0.25) is 11.8 Å². The van der Waals surface area contributed by atoms with E-state index in [1.54, 1.807) is 30.3 Å². The van der Waals surface area contributed by atoms with E-state index in [2.05, 4.69) is 5.32 Å². The first-order valence-electron chi connectivity index (χ1n) is 14.3. The molecule has 0 saturated heterocycles. The number of hydrogen-bond acceptors (Lipinski definition) is 4. The summed E-state index contributed by atoms with van der Waals surface area (Å²) in [5.41, 5.74) is 1.19. The summed E-state index contributed by atoms with van der Waals surface area (Å²) in [6.07, 6.45) is 0.792. The van der Waals surface area contributed by atoms with Crippen LogP contribution < -0.4 is 9.62 Å². The Morgan fingerprint density at radius 1 is 0.864 bits per heavy atom. The first kappa shape index (κ1) is 32.7. The molecule has 0 unspecified atom stereocenters. The zero-order chi connectivity index (χ0) is 31.7. The Kier molecular flexibility index (Phi) is 11.1. The standard InChI is InChI=1S/C34H35ClFN3O4S/c1-3-25(2)37-34(41)32(22-26-12-6-4-7-13-26)38(23-27-14-10-11-17-31(27)36)33(40)24-39(29-20-18-28(35)19-21-29)44(42,43)30-15-8-5-9-16-30/h4-21,25,32H,3,22-24H2,1-2H3,(H,37,41)/t25-,32+/m1/s1. The molecule has 0 aliphatic rings. The highest BCUT2D eigenvalue weighted by Crippen LogP contribution is 2.26. The maximum absolute atomic E-state index is 15.0. The van der Waals surface area contributed by atoms with E-state index in [0.29, 0.717) is 11.4 Å². The average Bonchev–Trinajstić information content (AvgIpc) is 3.03. The van der Waals surface area contributed by atoms with Crippen molar-refractivity contribution in [2.45, 2.75) is 50.2 Å². The number of benzene rings is 4. The number of nitrogens with zero attached hydrogens (tertiary/aromatic N) is 2. The lowest BCUT2D eigenvalue weighted by molar-refractivity contribution is -0.140. The minimum atomic E-state index is -4.24. The van der Waals surface area contributed by atoms with Crippen LogP contribution in [0.1, 0.15) is 31.4 Å². The van der Waals surface area contributed by atoms with Gasteiger partial charge in [0.25, 0.3) is 10.0 Å². The largest absolute Gasteiger partial charge is 0.352 e. The van der Waals surface area contributed by atoms with Crippen molar-refractivity contribution in [2.75, 3.05) is 10.8 Å². The molecule has 0 radical (unpaired) electrons. The maximum Gasteiger partial charge on any atom is 0.264 e. The minimum Gasteiger partial charge on any atom is -0.352 e. The molecule has 2 atom stereocenters. The van der Waals surface area contributed by atoms with Crippen molar-refractivity contribution in [1.29, 1.82) is 0 Å². The predicted molar refractivity (Wildman–Crippen MR) is 171 cm³/mol. The van der Waals surface area contributed by atoms with Gasteiger partial charge in [-0.1, -0.05) is 85.3 Å². The molecular weight excluding hydrogens is 601 g/mol. The molecule has 10 heteroatoms. The van der Waals surface area contributed by atoms with Gasteiger partial charge in [-0.2, -0.15) is 0 Å². The highest BCUT2D eigenvalue weighted by atomic mass is 35.5. The van der Waals surface area contributed by atoms with Crippen molar-refractivity contribution in [3.63, 3.8) is 0 Å². The van der Waals surface area contributed by atoms with Crippen molar-refractivity contribution >= 4 is 39.1 Å². The van der Waals surface area contributed by atoms with Crippen molar-refractivity contribution in [3.05, 3.63) is 131 Å². The van der Waals surface area contributed by atoms with Gasteiger partial charge in [-0.05, 0) is 61.4 Å². The summed E-state index contributed by atoms with van der Waals surface area (Å²) in [6, 6.07) is 27.8. The number of sulfonamides is 1. The van der Waals surface area contributed by atoms with E-state index < -0.39 is 40.2 Å². The van der Waals surface area contributed by atoms with Gasteiger partial charge >= 0.3 is 0 Å². The SMILES string of the molecule is CC[C@@H](C)NC(=O)[C@H](Cc1ccccc1)N(Cc1ccccc1F)C(=O)CN(c1ccc(Cl)cc1)S(=O)(=O)c1ccccc1. The van der Waals surface area contributed by atoms with Crippen LogP contribution in [-0.2, 0) is 32.6 Å². The third kappa shape index (κ3) is 8.24. The number of hydrogen-bond donors (Lipinski definition) is 1. The molecule has 0 bridgehead atoms. The second-order valence-corrected chi connectivity index (χ2v) is 12.7. The second-order valence-electron chi connectivity index (χ2n) is 10.4. The van der Waals surface area contributed by atoms with Crippen LogP contribution in [0.2, 0.25) is 5.02 Å². The first-order valence-corrected chi connectivity index (χ1v) is 16.1. The molecule has 230 valence electrons. The van der Waals surface area contributed by atoms with Crippen LogP contribution in [0, 0.1) is 5.82 Å². The molecule has 0 aliphatic heterocycles. The summed E-state index contributed by atoms with van der Waals surface area (Å²) < 4.78 is 43.9. The molecule has 4 aromatic carbocycles. The molecule has 7 nitrogen and oxygen atoms in total. The Hall–Kier alpha value is -4.21. The van der Waals surface area contributed by atoms with Crippen molar-refractivity contribution < 1.29 is 22.4 Å². The summed E-state index contributed by atoms with van der Waals surface area (Å²) in [5, 5.41) is 3.35. The fourth-order valence-corrected chi connectivity index (χ4v) is 6.22. The first-order chi connectivity index (χ1) is 21.1. The number of rotatable bonds is 13. The Balaban J connectivity index is 1.80. The Morgan fingerprint density at radius 3 is 2.07 bits per heavy atom. The molecule has 4 aromatic rings. The number of nitrogens with one attached hydrogen (secondary N) is 1. The molecule has 0 aromatic heterocycles. The average molecular weight is 636 g/mol. The van der Waals surface area contributed by atoms with E-state index in [9.17, 15) is 22.4 Å². The smallest absolute Gasteiger partial charge is 0.264 e. The van der Waals surface area contributed by atoms with E-state index >= 15 is 0 Å². The number of carbonyl (C=O) groups is 2. The minimum absolute atomic E-state index is 0.0150. The summed E-state index contributed by atoms with van der Waals surface area (Å²) in [7, 11) is -4.24. The normalized spacial score (nSPS) is 12.6. The van der Waals surface area contributed by atoms with Gasteiger partial charge in [0.15, 0.2) is 0 Å². The monoisotopic (exact) mass is 635 g/mol. The van der Waals surface area contributed by atoms with Crippen LogP contribution in [0.3, 0.4) is 0 Å². The van der Waals surface area contributed by atoms with Crippen LogP contribution in [0.4, 0.5) is 10.1 Å². The van der Waals surface area contributed by atoms with Gasteiger partial charge in [-0.25, -0.2) is 12.8 Å². The number of carbonyl (C=O) groups excluding carboxylic acids is 2. The summed E-state index contributed by atoms with van der Waals surface area (Å²) in [5.74, 6) is -1.64. The molecule has 0 heterocycles. The Bertz CT molecular complexity index is 1660. The molecule has 4 rings (SSSR count). The maximum atomic E-state index is 15.0. The zero-order valence-electron chi connectivity index (χ0n) is 24.6. The van der Waals surface area contributed by atoms with Crippen molar-refractivity contribution in [1.82, 2.24) is 10.2 Å². The zero-order valence-corrected chi connectivity index (χ0v) is 26.1. The van der Waals surface area contributed by atoms with Crippen LogP contribution in [-0.4, -0.2) is 43.8 Å². The number of amides is 2. The molecule has 0 aliphatic carbocycles. The van der Waals surface area contributed by atoms with E-state index in [-0.39, 0.29) is 35.2 Å².